The van der Waals surface area contributed by atoms with Gasteiger partial charge < -0.3 is 9.47 Å². The lowest BCUT2D eigenvalue weighted by molar-refractivity contribution is 0.202. The molecule has 0 amide bonds. The second-order valence-corrected chi connectivity index (χ2v) is 6.53. The molecule has 0 fully saturated rings. The molecule has 2 aliphatic rings. The first-order chi connectivity index (χ1) is 12.1. The van der Waals surface area contributed by atoms with E-state index in [0.29, 0.717) is 17.5 Å². The first-order valence-corrected chi connectivity index (χ1v) is 8.63. The Hall–Kier alpha value is -2.69. The predicted octanol–water partition coefficient (Wildman–Crippen LogP) is 3.54. The molecule has 2 aromatic rings. The summed E-state index contributed by atoms with van der Waals surface area (Å²) >= 11 is 0. The van der Waals surface area contributed by atoms with Gasteiger partial charge in [-0.3, -0.25) is 0 Å². The Morgan fingerprint density at radius 2 is 1.36 bits per heavy atom. The summed E-state index contributed by atoms with van der Waals surface area (Å²) in [7, 11) is 0. The van der Waals surface area contributed by atoms with Crippen LogP contribution in [0.3, 0.4) is 0 Å². The summed E-state index contributed by atoms with van der Waals surface area (Å²) in [4.78, 5) is 13.9. The van der Waals surface area contributed by atoms with Crippen molar-refractivity contribution < 1.29 is 9.47 Å². The number of ether oxygens (including phenoxy) is 2. The highest BCUT2D eigenvalue weighted by Crippen LogP contribution is 2.30. The second kappa shape index (κ2) is 6.31. The van der Waals surface area contributed by atoms with Crippen molar-refractivity contribution in [2.75, 3.05) is 0 Å². The molecule has 0 bridgehead atoms. The van der Waals surface area contributed by atoms with Gasteiger partial charge in [0.2, 0.25) is 11.8 Å². The Kier molecular flexibility index (Phi) is 3.99. The van der Waals surface area contributed by atoms with Crippen LogP contribution in [-0.4, -0.2) is 35.0 Å². The van der Waals surface area contributed by atoms with E-state index in [1.165, 1.54) is 0 Å². The quantitative estimate of drug-likeness (QED) is 0.862. The van der Waals surface area contributed by atoms with Gasteiger partial charge in [0.15, 0.2) is 0 Å². The number of pyridine rings is 1. The number of rotatable bonds is 3. The van der Waals surface area contributed by atoms with Gasteiger partial charge in [-0.15, -0.1) is 0 Å². The third kappa shape index (κ3) is 3.02. The molecular formula is C20H21N3O2. The van der Waals surface area contributed by atoms with E-state index in [-0.39, 0.29) is 24.3 Å². The average molecular weight is 335 g/mol. The topological polar surface area (TPSA) is 56.1 Å². The zero-order chi connectivity index (χ0) is 17.4. The summed E-state index contributed by atoms with van der Waals surface area (Å²) in [6.45, 7) is 6.11. The number of aliphatic imine (C=N–C) groups is 2. The Morgan fingerprint density at radius 3 is 2.00 bits per heavy atom. The third-order valence-corrected chi connectivity index (χ3v) is 4.61. The third-order valence-electron chi connectivity index (χ3n) is 4.61. The normalized spacial score (nSPS) is 28.1. The minimum Gasteiger partial charge on any atom is -0.471 e. The van der Waals surface area contributed by atoms with Crippen molar-refractivity contribution in [2.45, 2.75) is 45.1 Å². The van der Waals surface area contributed by atoms with Crippen LogP contribution in [0.2, 0.25) is 0 Å². The Morgan fingerprint density at radius 1 is 0.720 bits per heavy atom. The van der Waals surface area contributed by atoms with E-state index >= 15 is 0 Å². The van der Waals surface area contributed by atoms with Gasteiger partial charge in [-0.2, -0.15) is 0 Å². The predicted molar refractivity (Wildman–Crippen MR) is 97.1 cm³/mol. The summed E-state index contributed by atoms with van der Waals surface area (Å²) in [6.07, 6.45) is -0.00946. The molecule has 0 saturated carbocycles. The van der Waals surface area contributed by atoms with E-state index in [4.69, 9.17) is 9.47 Å². The average Bonchev–Trinajstić information content (AvgIpc) is 3.19. The van der Waals surface area contributed by atoms with E-state index in [2.05, 4.69) is 34.0 Å². The SMILES string of the molecule is C[C@@H]1N=C(c2cccc(C3=N[C@@H](C)[C@H](c4ccccc4)O3)n2)O[C@H]1C. The molecule has 0 radical (unpaired) electrons. The first-order valence-electron chi connectivity index (χ1n) is 8.63. The molecule has 2 aliphatic heterocycles. The molecule has 25 heavy (non-hydrogen) atoms. The van der Waals surface area contributed by atoms with Gasteiger partial charge in [0.1, 0.15) is 23.6 Å². The molecule has 3 heterocycles. The van der Waals surface area contributed by atoms with Crippen LogP contribution in [-0.2, 0) is 9.47 Å². The number of hydrogen-bond donors (Lipinski definition) is 0. The monoisotopic (exact) mass is 335 g/mol. The van der Waals surface area contributed by atoms with Crippen molar-refractivity contribution in [1.29, 1.82) is 0 Å². The van der Waals surface area contributed by atoms with Gasteiger partial charge in [0.25, 0.3) is 0 Å². The van der Waals surface area contributed by atoms with Crippen LogP contribution in [0, 0.1) is 0 Å². The number of nitrogens with zero attached hydrogens (tertiary/aromatic N) is 3. The highest BCUT2D eigenvalue weighted by Gasteiger charge is 2.31. The van der Waals surface area contributed by atoms with Gasteiger partial charge >= 0.3 is 0 Å². The molecule has 0 aliphatic carbocycles. The van der Waals surface area contributed by atoms with Crippen LogP contribution in [0.15, 0.2) is 58.5 Å². The van der Waals surface area contributed by atoms with Crippen molar-refractivity contribution in [3.8, 4) is 0 Å². The smallest absolute Gasteiger partial charge is 0.236 e. The lowest BCUT2D eigenvalue weighted by atomic mass is 10.0. The van der Waals surface area contributed by atoms with E-state index in [1.54, 1.807) is 0 Å². The summed E-state index contributed by atoms with van der Waals surface area (Å²) < 4.78 is 11.9. The molecule has 5 nitrogen and oxygen atoms in total. The van der Waals surface area contributed by atoms with Gasteiger partial charge in [-0.05, 0) is 38.5 Å². The molecule has 5 heteroatoms. The summed E-state index contributed by atoms with van der Waals surface area (Å²) in [5.74, 6) is 1.16. The maximum Gasteiger partial charge on any atom is 0.236 e. The molecule has 1 aromatic carbocycles. The fourth-order valence-corrected chi connectivity index (χ4v) is 3.01. The van der Waals surface area contributed by atoms with Crippen molar-refractivity contribution in [3.05, 3.63) is 65.5 Å². The standard InChI is InChI=1S/C20H21N3O2/c1-12-14(3)24-19(21-12)16-10-7-11-17(23-16)20-22-13(2)18(25-20)15-8-5-4-6-9-15/h4-14,18H,1-3H3/t12-,13-,14-,18+/m0/s1. The Labute approximate surface area is 147 Å². The molecule has 0 unspecified atom stereocenters. The fraction of sp³-hybridized carbons (Fsp3) is 0.350. The molecule has 0 N–H and O–H groups in total. The molecule has 4 rings (SSSR count). The second-order valence-electron chi connectivity index (χ2n) is 6.53. The zero-order valence-corrected chi connectivity index (χ0v) is 14.6. The van der Waals surface area contributed by atoms with Crippen LogP contribution in [0.4, 0.5) is 0 Å². The maximum absolute atomic E-state index is 6.11. The largest absolute Gasteiger partial charge is 0.471 e. The zero-order valence-electron chi connectivity index (χ0n) is 14.6. The fourth-order valence-electron chi connectivity index (χ4n) is 3.01. The number of aromatic nitrogens is 1. The van der Waals surface area contributed by atoms with Gasteiger partial charge in [-0.1, -0.05) is 36.4 Å². The number of benzene rings is 1. The highest BCUT2D eigenvalue weighted by atomic mass is 16.5. The van der Waals surface area contributed by atoms with Crippen LogP contribution >= 0.6 is 0 Å². The first kappa shape index (κ1) is 15.8. The molecular weight excluding hydrogens is 314 g/mol. The molecule has 0 spiro atoms. The lowest BCUT2D eigenvalue weighted by Gasteiger charge is -2.15. The van der Waals surface area contributed by atoms with Crippen LogP contribution in [0.5, 0.6) is 0 Å². The van der Waals surface area contributed by atoms with Crippen molar-refractivity contribution in [1.82, 2.24) is 4.98 Å². The molecule has 1 aromatic heterocycles. The maximum atomic E-state index is 6.11. The van der Waals surface area contributed by atoms with E-state index in [1.807, 2.05) is 50.2 Å². The van der Waals surface area contributed by atoms with Gasteiger partial charge in [0, 0.05) is 0 Å². The summed E-state index contributed by atoms with van der Waals surface area (Å²) in [5.41, 5.74) is 2.55. The van der Waals surface area contributed by atoms with E-state index < -0.39 is 0 Å². The van der Waals surface area contributed by atoms with E-state index in [0.717, 1.165) is 11.3 Å². The summed E-state index contributed by atoms with van der Waals surface area (Å²) in [5, 5.41) is 0. The summed E-state index contributed by atoms with van der Waals surface area (Å²) in [6, 6.07) is 16.1. The van der Waals surface area contributed by atoms with Crippen molar-refractivity contribution in [2.24, 2.45) is 9.98 Å². The minimum absolute atomic E-state index is 0.0444. The Balaban J connectivity index is 1.58. The van der Waals surface area contributed by atoms with Gasteiger partial charge in [0.05, 0.1) is 12.1 Å². The number of hydrogen-bond acceptors (Lipinski definition) is 5. The van der Waals surface area contributed by atoms with E-state index in [9.17, 15) is 0 Å². The van der Waals surface area contributed by atoms with Gasteiger partial charge in [-0.25, -0.2) is 15.0 Å². The highest BCUT2D eigenvalue weighted by molar-refractivity contribution is 5.97. The minimum atomic E-state index is -0.0817. The lowest BCUT2D eigenvalue weighted by Crippen LogP contribution is -2.16. The molecule has 4 atom stereocenters. The molecule has 0 saturated heterocycles. The molecule has 128 valence electrons. The van der Waals surface area contributed by atoms with Crippen LogP contribution < -0.4 is 0 Å². The van der Waals surface area contributed by atoms with Crippen LogP contribution in [0.25, 0.3) is 0 Å². The van der Waals surface area contributed by atoms with Crippen molar-refractivity contribution in [3.63, 3.8) is 0 Å². The van der Waals surface area contributed by atoms with Crippen molar-refractivity contribution >= 4 is 11.8 Å². The van der Waals surface area contributed by atoms with Crippen LogP contribution in [0.1, 0.15) is 43.8 Å². The Bertz CT molecular complexity index is 832.